The first-order valence-corrected chi connectivity index (χ1v) is 7.39. The van der Waals surface area contributed by atoms with Crippen LogP contribution in [0.1, 0.15) is 50.2 Å². The van der Waals surface area contributed by atoms with E-state index < -0.39 is 0 Å². The molecule has 0 amide bonds. The first-order valence-electron chi connectivity index (χ1n) is 6.51. The van der Waals surface area contributed by atoms with E-state index in [1.807, 2.05) is 6.92 Å². The Morgan fingerprint density at radius 3 is 2.41 bits per heavy atom. The molecule has 0 saturated heterocycles. The van der Waals surface area contributed by atoms with E-state index in [0.717, 1.165) is 6.61 Å². The van der Waals surface area contributed by atoms with Crippen LogP contribution in [-0.4, -0.2) is 12.6 Å². The van der Waals surface area contributed by atoms with Crippen molar-refractivity contribution in [1.82, 2.24) is 0 Å². The van der Waals surface area contributed by atoms with E-state index in [2.05, 4.69) is 32.2 Å². The molecule has 0 aliphatic heterocycles. The maximum absolute atomic E-state index is 6.06. The highest BCUT2D eigenvalue weighted by Gasteiger charge is 2.21. The van der Waals surface area contributed by atoms with Gasteiger partial charge in [-0.15, -0.1) is 11.3 Å². The molecule has 2 nitrogen and oxygen atoms in total. The maximum atomic E-state index is 6.06. The Labute approximate surface area is 109 Å². The van der Waals surface area contributed by atoms with E-state index in [-0.39, 0.29) is 12.1 Å². The molecule has 0 aliphatic rings. The molecule has 0 fully saturated rings. The molecule has 0 bridgehead atoms. The largest absolute Gasteiger partial charge is 0.371 e. The zero-order chi connectivity index (χ0) is 12.8. The first-order chi connectivity index (χ1) is 8.10. The smallest absolute Gasteiger partial charge is 0.107 e. The molecule has 1 rings (SSSR count). The van der Waals surface area contributed by atoms with Crippen molar-refractivity contribution in [3.05, 3.63) is 21.9 Å². The zero-order valence-corrected chi connectivity index (χ0v) is 12.2. The highest BCUT2D eigenvalue weighted by Crippen LogP contribution is 2.29. The lowest BCUT2D eigenvalue weighted by Gasteiger charge is -2.24. The quantitative estimate of drug-likeness (QED) is 0.802. The van der Waals surface area contributed by atoms with Crippen molar-refractivity contribution in [3.8, 4) is 0 Å². The highest BCUT2D eigenvalue weighted by atomic mass is 32.1. The van der Waals surface area contributed by atoms with Crippen LogP contribution in [0.4, 0.5) is 0 Å². The molecule has 98 valence electrons. The molecular formula is C14H25NOS. The van der Waals surface area contributed by atoms with Gasteiger partial charge in [0, 0.05) is 10.9 Å². The van der Waals surface area contributed by atoms with Crippen molar-refractivity contribution in [3.63, 3.8) is 0 Å². The minimum Gasteiger partial charge on any atom is -0.371 e. The summed E-state index contributed by atoms with van der Waals surface area (Å²) in [5.74, 6) is 0.650. The lowest BCUT2D eigenvalue weighted by atomic mass is 10.0. The van der Waals surface area contributed by atoms with Gasteiger partial charge in [-0.2, -0.15) is 0 Å². The number of hydrogen-bond acceptors (Lipinski definition) is 3. The van der Waals surface area contributed by atoms with Gasteiger partial charge in [-0.25, -0.2) is 0 Å². The molecule has 0 radical (unpaired) electrons. The first kappa shape index (κ1) is 14.7. The van der Waals surface area contributed by atoms with Gasteiger partial charge in [-0.05, 0) is 36.8 Å². The van der Waals surface area contributed by atoms with Crippen LogP contribution >= 0.6 is 11.3 Å². The molecule has 2 unspecified atom stereocenters. The molecule has 0 aliphatic carbocycles. The summed E-state index contributed by atoms with van der Waals surface area (Å²) in [6.07, 6.45) is 2.40. The van der Waals surface area contributed by atoms with E-state index in [1.165, 1.54) is 23.3 Å². The molecule has 2 N–H and O–H groups in total. The van der Waals surface area contributed by atoms with Gasteiger partial charge in [0.15, 0.2) is 0 Å². The van der Waals surface area contributed by atoms with Crippen molar-refractivity contribution in [2.24, 2.45) is 11.7 Å². The molecule has 1 heterocycles. The van der Waals surface area contributed by atoms with Crippen LogP contribution in [0.2, 0.25) is 0 Å². The number of aryl methyl sites for hydroxylation is 1. The zero-order valence-electron chi connectivity index (χ0n) is 11.4. The van der Waals surface area contributed by atoms with Gasteiger partial charge in [0.05, 0.1) is 6.61 Å². The molecule has 0 aromatic carbocycles. The molecule has 0 saturated carbocycles. The van der Waals surface area contributed by atoms with Crippen molar-refractivity contribution >= 4 is 11.3 Å². The Kier molecular flexibility index (Phi) is 6.17. The average molecular weight is 255 g/mol. The number of ether oxygens (including phenoxy) is 1. The molecule has 1 aromatic heterocycles. The highest BCUT2D eigenvalue weighted by molar-refractivity contribution is 7.10. The summed E-state index contributed by atoms with van der Waals surface area (Å²) in [5.41, 5.74) is 7.34. The Balaban J connectivity index is 2.65. The fourth-order valence-corrected chi connectivity index (χ4v) is 3.00. The number of nitrogens with two attached hydrogens (primary N) is 1. The minimum atomic E-state index is 0.0433. The van der Waals surface area contributed by atoms with Gasteiger partial charge in [0.25, 0.3) is 0 Å². The fourth-order valence-electron chi connectivity index (χ4n) is 1.91. The van der Waals surface area contributed by atoms with Crippen LogP contribution < -0.4 is 5.73 Å². The van der Waals surface area contributed by atoms with Crippen LogP contribution in [0.5, 0.6) is 0 Å². The molecular weight excluding hydrogens is 230 g/mol. The third-order valence-corrected chi connectivity index (χ3v) is 4.38. The normalized spacial score (nSPS) is 15.2. The van der Waals surface area contributed by atoms with Crippen LogP contribution in [0.3, 0.4) is 0 Å². The van der Waals surface area contributed by atoms with Gasteiger partial charge in [0.2, 0.25) is 0 Å². The third-order valence-electron chi connectivity index (χ3n) is 3.30. The average Bonchev–Trinajstić information content (AvgIpc) is 2.70. The summed E-state index contributed by atoms with van der Waals surface area (Å²) in [6, 6.07) is 2.18. The van der Waals surface area contributed by atoms with Gasteiger partial charge in [0.1, 0.15) is 6.10 Å². The predicted molar refractivity (Wildman–Crippen MR) is 75.5 cm³/mol. The standard InChI is InChI=1S/C14H25NOS/c1-5-12(6-2)9-16-13(11(4)15)14-10(3)7-8-17-14/h7-8,11-13H,5-6,9,15H2,1-4H3. The van der Waals surface area contributed by atoms with Crippen molar-refractivity contribution in [2.75, 3.05) is 6.61 Å². The van der Waals surface area contributed by atoms with Crippen LogP contribution in [-0.2, 0) is 4.74 Å². The van der Waals surface area contributed by atoms with Crippen LogP contribution in [0, 0.1) is 12.8 Å². The van der Waals surface area contributed by atoms with Gasteiger partial charge >= 0.3 is 0 Å². The van der Waals surface area contributed by atoms with Crippen molar-refractivity contribution < 1.29 is 4.74 Å². The monoisotopic (exact) mass is 255 g/mol. The Hall–Kier alpha value is -0.380. The van der Waals surface area contributed by atoms with E-state index in [4.69, 9.17) is 10.5 Å². The Morgan fingerprint density at radius 2 is 2.00 bits per heavy atom. The summed E-state index contributed by atoms with van der Waals surface area (Å²) < 4.78 is 6.06. The van der Waals surface area contributed by atoms with Crippen molar-refractivity contribution in [1.29, 1.82) is 0 Å². The minimum absolute atomic E-state index is 0.0433. The lowest BCUT2D eigenvalue weighted by molar-refractivity contribution is 0.0159. The number of rotatable bonds is 7. The van der Waals surface area contributed by atoms with Gasteiger partial charge in [-0.3, -0.25) is 0 Å². The summed E-state index contributed by atoms with van der Waals surface area (Å²) in [7, 11) is 0. The van der Waals surface area contributed by atoms with E-state index in [9.17, 15) is 0 Å². The molecule has 3 heteroatoms. The van der Waals surface area contributed by atoms with Crippen LogP contribution in [0.25, 0.3) is 0 Å². The SMILES string of the molecule is CCC(CC)COC(c1sccc1C)C(C)N. The number of hydrogen-bond donors (Lipinski definition) is 1. The third kappa shape index (κ3) is 4.09. The topological polar surface area (TPSA) is 35.2 Å². The molecule has 1 aromatic rings. The Bertz CT molecular complexity index is 318. The summed E-state index contributed by atoms with van der Waals surface area (Å²) in [4.78, 5) is 1.28. The van der Waals surface area contributed by atoms with E-state index in [0.29, 0.717) is 5.92 Å². The number of thiophene rings is 1. The second-order valence-electron chi connectivity index (χ2n) is 4.76. The van der Waals surface area contributed by atoms with E-state index >= 15 is 0 Å². The molecule has 0 spiro atoms. The predicted octanol–water partition coefficient (Wildman–Crippen LogP) is 3.90. The summed E-state index contributed by atoms with van der Waals surface area (Å²) >= 11 is 1.75. The van der Waals surface area contributed by atoms with Crippen LogP contribution in [0.15, 0.2) is 11.4 Å². The lowest BCUT2D eigenvalue weighted by Crippen LogP contribution is -2.28. The summed E-state index contributed by atoms with van der Waals surface area (Å²) in [6.45, 7) is 9.40. The Morgan fingerprint density at radius 1 is 1.35 bits per heavy atom. The van der Waals surface area contributed by atoms with Gasteiger partial charge < -0.3 is 10.5 Å². The second-order valence-corrected chi connectivity index (χ2v) is 5.71. The van der Waals surface area contributed by atoms with E-state index in [1.54, 1.807) is 11.3 Å². The van der Waals surface area contributed by atoms with Crippen molar-refractivity contribution in [2.45, 2.75) is 52.7 Å². The fraction of sp³-hybridized carbons (Fsp3) is 0.714. The second kappa shape index (κ2) is 7.14. The molecule has 17 heavy (non-hydrogen) atoms. The van der Waals surface area contributed by atoms with Gasteiger partial charge in [-0.1, -0.05) is 26.7 Å². The molecule has 2 atom stereocenters. The maximum Gasteiger partial charge on any atom is 0.107 e. The summed E-state index contributed by atoms with van der Waals surface area (Å²) in [5, 5.41) is 2.11.